The molecular formula is C14H13BrFNO. The standard InChI is InChI=1S/C14H13FNO.BrH/c1-11-7-8-13(15)9-16(11)10-14(17)12-5-3-2-4-6-12;/h2-9H,10H2,1H3;1H/q+1;/p-1. The van der Waals surface area contributed by atoms with Gasteiger partial charge in [-0.05, 0) is 6.07 Å². The van der Waals surface area contributed by atoms with E-state index in [1.54, 1.807) is 22.8 Å². The highest BCUT2D eigenvalue weighted by Crippen LogP contribution is 2.01. The summed E-state index contributed by atoms with van der Waals surface area (Å²) < 4.78 is 14.7. The molecule has 2 nitrogen and oxygen atoms in total. The number of nitrogens with zero attached hydrogens (tertiary/aromatic N) is 1. The monoisotopic (exact) mass is 309 g/mol. The minimum atomic E-state index is -0.337. The van der Waals surface area contributed by atoms with Crippen molar-refractivity contribution in [3.8, 4) is 0 Å². The van der Waals surface area contributed by atoms with Crippen molar-refractivity contribution in [1.29, 1.82) is 0 Å². The van der Waals surface area contributed by atoms with Crippen LogP contribution in [0.3, 0.4) is 0 Å². The number of ketones is 1. The summed E-state index contributed by atoms with van der Waals surface area (Å²) in [6.07, 6.45) is 1.34. The molecule has 1 aromatic carbocycles. The lowest BCUT2D eigenvalue weighted by molar-refractivity contribution is -0.690. The molecule has 0 amide bonds. The molecule has 94 valence electrons. The van der Waals surface area contributed by atoms with Crippen LogP contribution in [0.1, 0.15) is 16.1 Å². The molecule has 1 aromatic heterocycles. The fourth-order valence-corrected chi connectivity index (χ4v) is 1.63. The fraction of sp³-hybridized carbons (Fsp3) is 0.143. The molecule has 0 aliphatic heterocycles. The van der Waals surface area contributed by atoms with Crippen molar-refractivity contribution >= 4 is 5.78 Å². The molecule has 2 aromatic rings. The van der Waals surface area contributed by atoms with Crippen molar-refractivity contribution in [3.05, 3.63) is 65.7 Å². The number of pyridine rings is 1. The lowest BCUT2D eigenvalue weighted by atomic mass is 10.1. The van der Waals surface area contributed by atoms with Crippen molar-refractivity contribution in [3.63, 3.8) is 0 Å². The number of hydrogen-bond donors (Lipinski definition) is 0. The second kappa shape index (κ2) is 6.40. The van der Waals surface area contributed by atoms with Gasteiger partial charge in [0.15, 0.2) is 11.5 Å². The van der Waals surface area contributed by atoms with Gasteiger partial charge < -0.3 is 17.0 Å². The third kappa shape index (κ3) is 3.47. The van der Waals surface area contributed by atoms with Crippen LogP contribution in [-0.2, 0) is 6.54 Å². The molecule has 4 heteroatoms. The highest BCUT2D eigenvalue weighted by Gasteiger charge is 2.14. The quantitative estimate of drug-likeness (QED) is 0.543. The Morgan fingerprint density at radius 3 is 2.50 bits per heavy atom. The maximum Gasteiger partial charge on any atom is 0.227 e. The van der Waals surface area contributed by atoms with Crippen LogP contribution in [0.2, 0.25) is 0 Å². The smallest absolute Gasteiger partial charge is 0.227 e. The van der Waals surface area contributed by atoms with Gasteiger partial charge >= 0.3 is 0 Å². The van der Waals surface area contributed by atoms with E-state index in [2.05, 4.69) is 0 Å². The van der Waals surface area contributed by atoms with E-state index in [4.69, 9.17) is 0 Å². The lowest BCUT2D eigenvalue weighted by Gasteiger charge is -2.00. The fourth-order valence-electron chi connectivity index (χ4n) is 1.63. The Kier molecular flexibility index (Phi) is 5.16. The number of Topliss-reactive ketones (excluding diaryl/α,β-unsaturated/α-hetero) is 1. The summed E-state index contributed by atoms with van der Waals surface area (Å²) in [5.74, 6) is -0.360. The molecule has 0 aliphatic rings. The Bertz CT molecular complexity index is 543. The molecule has 0 aliphatic carbocycles. The van der Waals surface area contributed by atoms with E-state index in [1.165, 1.54) is 12.3 Å². The maximum atomic E-state index is 13.1. The van der Waals surface area contributed by atoms with Crippen LogP contribution < -0.4 is 21.5 Å². The third-order valence-electron chi connectivity index (χ3n) is 2.63. The van der Waals surface area contributed by atoms with Crippen LogP contribution in [-0.4, -0.2) is 5.78 Å². The summed E-state index contributed by atoms with van der Waals surface area (Å²) in [7, 11) is 0. The van der Waals surface area contributed by atoms with Crippen LogP contribution in [0.4, 0.5) is 4.39 Å². The van der Waals surface area contributed by atoms with Crippen LogP contribution in [0.5, 0.6) is 0 Å². The van der Waals surface area contributed by atoms with E-state index in [1.807, 2.05) is 25.1 Å². The molecule has 0 saturated carbocycles. The van der Waals surface area contributed by atoms with E-state index in [9.17, 15) is 9.18 Å². The molecule has 0 saturated heterocycles. The largest absolute Gasteiger partial charge is 1.00 e. The first-order chi connectivity index (χ1) is 8.16. The molecule has 0 bridgehead atoms. The Balaban J connectivity index is 0.00000162. The average molecular weight is 310 g/mol. The van der Waals surface area contributed by atoms with Crippen molar-refractivity contribution in [2.75, 3.05) is 0 Å². The first-order valence-electron chi connectivity index (χ1n) is 5.40. The molecule has 0 spiro atoms. The van der Waals surface area contributed by atoms with E-state index in [0.29, 0.717) is 5.56 Å². The van der Waals surface area contributed by atoms with E-state index < -0.39 is 0 Å². The SMILES string of the molecule is Cc1ccc(F)c[n+]1CC(=O)c1ccccc1.[Br-]. The van der Waals surface area contributed by atoms with Crippen LogP contribution in [0, 0.1) is 12.7 Å². The van der Waals surface area contributed by atoms with Gasteiger partial charge in [0.05, 0.1) is 0 Å². The van der Waals surface area contributed by atoms with Crippen LogP contribution >= 0.6 is 0 Å². The number of benzene rings is 1. The molecule has 0 N–H and O–H groups in total. The minimum Gasteiger partial charge on any atom is -1.00 e. The van der Waals surface area contributed by atoms with Gasteiger partial charge in [-0.2, -0.15) is 4.57 Å². The topological polar surface area (TPSA) is 20.9 Å². The number of aryl methyl sites for hydroxylation is 1. The van der Waals surface area contributed by atoms with Crippen molar-refractivity contribution in [2.45, 2.75) is 13.5 Å². The third-order valence-corrected chi connectivity index (χ3v) is 2.63. The number of carbonyl (C=O) groups is 1. The first kappa shape index (κ1) is 14.5. The zero-order chi connectivity index (χ0) is 12.3. The molecule has 0 atom stereocenters. The number of rotatable bonds is 3. The zero-order valence-corrected chi connectivity index (χ0v) is 11.5. The Morgan fingerprint density at radius 2 is 1.83 bits per heavy atom. The second-order valence-electron chi connectivity index (χ2n) is 3.91. The van der Waals surface area contributed by atoms with Gasteiger partial charge in [-0.1, -0.05) is 30.3 Å². The van der Waals surface area contributed by atoms with Crippen molar-refractivity contribution in [1.82, 2.24) is 0 Å². The predicted molar refractivity (Wildman–Crippen MR) is 62.1 cm³/mol. The molecular weight excluding hydrogens is 297 g/mol. The summed E-state index contributed by atoms with van der Waals surface area (Å²) in [6, 6.07) is 12.1. The Hall–Kier alpha value is -1.55. The van der Waals surface area contributed by atoms with E-state index in [0.717, 1.165) is 5.69 Å². The van der Waals surface area contributed by atoms with Gasteiger partial charge in [0, 0.05) is 18.6 Å². The summed E-state index contributed by atoms with van der Waals surface area (Å²) in [5.41, 5.74) is 1.50. The van der Waals surface area contributed by atoms with Gasteiger partial charge in [0.2, 0.25) is 18.5 Å². The van der Waals surface area contributed by atoms with Gasteiger partial charge in [-0.15, -0.1) is 0 Å². The van der Waals surface area contributed by atoms with Crippen LogP contribution in [0.25, 0.3) is 0 Å². The maximum absolute atomic E-state index is 13.1. The zero-order valence-electron chi connectivity index (χ0n) is 9.94. The Morgan fingerprint density at radius 1 is 1.17 bits per heavy atom. The van der Waals surface area contributed by atoms with Crippen LogP contribution in [0.15, 0.2) is 48.7 Å². The van der Waals surface area contributed by atoms with Gasteiger partial charge in [-0.3, -0.25) is 4.79 Å². The van der Waals surface area contributed by atoms with Gasteiger partial charge in [0.1, 0.15) is 0 Å². The average Bonchev–Trinajstić information content (AvgIpc) is 2.35. The number of carbonyl (C=O) groups excluding carboxylic acids is 1. The van der Waals surface area contributed by atoms with E-state index in [-0.39, 0.29) is 35.1 Å². The lowest BCUT2D eigenvalue weighted by Crippen LogP contribution is -3.00. The molecule has 0 unspecified atom stereocenters. The number of halogens is 2. The van der Waals surface area contributed by atoms with E-state index >= 15 is 0 Å². The minimum absolute atomic E-state index is 0. The summed E-state index contributed by atoms with van der Waals surface area (Å²) in [6.45, 7) is 2.01. The van der Waals surface area contributed by atoms with Crippen molar-refractivity contribution < 1.29 is 30.7 Å². The molecule has 0 fully saturated rings. The molecule has 1 heterocycles. The highest BCUT2D eigenvalue weighted by molar-refractivity contribution is 5.94. The highest BCUT2D eigenvalue weighted by atomic mass is 79.9. The summed E-state index contributed by atoms with van der Waals surface area (Å²) in [4.78, 5) is 11.9. The van der Waals surface area contributed by atoms with Gasteiger partial charge in [-0.25, -0.2) is 4.39 Å². The van der Waals surface area contributed by atoms with Crippen molar-refractivity contribution in [2.24, 2.45) is 0 Å². The Labute approximate surface area is 116 Å². The molecule has 0 radical (unpaired) electrons. The summed E-state index contributed by atoms with van der Waals surface area (Å²) in [5, 5.41) is 0. The van der Waals surface area contributed by atoms with Gasteiger partial charge in [0.25, 0.3) is 0 Å². The normalized spacial score (nSPS) is 9.67. The number of hydrogen-bond acceptors (Lipinski definition) is 1. The molecule has 2 rings (SSSR count). The first-order valence-corrected chi connectivity index (χ1v) is 5.40. The molecule has 18 heavy (non-hydrogen) atoms. The second-order valence-corrected chi connectivity index (χ2v) is 3.91. The number of aromatic nitrogens is 1. The predicted octanol–water partition coefficient (Wildman–Crippen LogP) is -0.691. The summed E-state index contributed by atoms with van der Waals surface area (Å²) >= 11 is 0.